The fourth-order valence-electron chi connectivity index (χ4n) is 0.118. The number of carboxylic acid groups (broad SMARTS) is 3. The van der Waals surface area contributed by atoms with Gasteiger partial charge in [0.15, 0.2) is 0 Å². The summed E-state index contributed by atoms with van der Waals surface area (Å²) in [6, 6.07) is 0. The van der Waals surface area contributed by atoms with Gasteiger partial charge in [-0.2, -0.15) is 5.90 Å². The maximum Gasteiger partial charge on any atom is 0.321 e. The van der Waals surface area contributed by atoms with Crippen molar-refractivity contribution in [3.63, 3.8) is 0 Å². The average molecular weight is 323 g/mol. The zero-order chi connectivity index (χ0) is 19.1. The summed E-state index contributed by atoms with van der Waals surface area (Å²) in [4.78, 5) is 40.1. The van der Waals surface area contributed by atoms with E-state index in [1.165, 1.54) is 6.92 Å². The molecule has 130 valence electrons. The largest absolute Gasteiger partial charge is 0.481 e. The van der Waals surface area contributed by atoms with Crippen LogP contribution >= 0.6 is 0 Å². The highest BCUT2D eigenvalue weighted by molar-refractivity contribution is 5.65. The molecule has 0 rings (SSSR count). The van der Waals surface area contributed by atoms with Gasteiger partial charge in [-0.05, 0) is 6.42 Å². The first-order valence-electron chi connectivity index (χ1n) is 5.56. The number of rotatable bonds is 2. The summed E-state index contributed by atoms with van der Waals surface area (Å²) in [5.41, 5.74) is 0. The van der Waals surface area contributed by atoms with Crippen LogP contribution in [-0.2, 0) is 24.0 Å². The van der Waals surface area contributed by atoms with E-state index >= 15 is 0 Å². The molecule has 0 heterocycles. The highest BCUT2D eigenvalue weighted by Gasteiger charge is 1.77. The van der Waals surface area contributed by atoms with Crippen molar-refractivity contribution in [2.45, 2.75) is 34.1 Å². The van der Waals surface area contributed by atoms with Gasteiger partial charge in [-0.3, -0.25) is 19.2 Å². The molecule has 0 aromatic carbocycles. The third-order valence-corrected chi connectivity index (χ3v) is 0.499. The predicted molar refractivity (Wildman–Crippen MR) is 80.9 cm³/mol. The summed E-state index contributed by atoms with van der Waals surface area (Å²) < 4.78 is 0. The lowest BCUT2D eigenvalue weighted by atomic mass is 10.4. The van der Waals surface area contributed by atoms with Crippen molar-refractivity contribution in [3.05, 3.63) is 25.3 Å². The van der Waals surface area contributed by atoms with Gasteiger partial charge in [0.25, 0.3) is 17.9 Å². The zero-order valence-corrected chi connectivity index (χ0v) is 13.2. The number of hydrogen-bond acceptors (Lipinski definition) is 6. The molecule has 0 bridgehead atoms. The van der Waals surface area contributed by atoms with E-state index in [0.29, 0.717) is 0 Å². The van der Waals surface area contributed by atoms with Crippen LogP contribution in [0.25, 0.3) is 0 Å². The van der Waals surface area contributed by atoms with E-state index in [2.05, 4.69) is 23.9 Å². The molecule has 0 aliphatic heterocycles. The van der Waals surface area contributed by atoms with Gasteiger partial charge in [-0.1, -0.05) is 12.2 Å². The number of aliphatic carboxylic acids is 3. The molecule has 0 spiro atoms. The minimum absolute atomic E-state index is 0.468. The lowest BCUT2D eigenvalue weighted by Gasteiger charge is -1.79. The Bertz CT molecular complexity index is 279. The van der Waals surface area contributed by atoms with Crippen LogP contribution in [0.3, 0.4) is 0 Å². The minimum atomic E-state index is -0.833. The molecular formula is C13H25NO8. The number of carboxylic acids is 3. The van der Waals surface area contributed by atoms with Gasteiger partial charge in [0, 0.05) is 27.7 Å². The summed E-state index contributed by atoms with van der Waals surface area (Å²) in [6.45, 7) is 11.4. The molecule has 9 heteroatoms. The second-order valence-electron chi connectivity index (χ2n) is 2.98. The van der Waals surface area contributed by atoms with Crippen LogP contribution in [0.15, 0.2) is 25.3 Å². The van der Waals surface area contributed by atoms with E-state index < -0.39 is 23.9 Å². The smallest absolute Gasteiger partial charge is 0.321 e. The summed E-state index contributed by atoms with van der Waals surface area (Å²) in [7, 11) is 0. The first kappa shape index (κ1) is 31.6. The van der Waals surface area contributed by atoms with Crippen molar-refractivity contribution in [1.82, 2.24) is 0 Å². The molecule has 9 nitrogen and oxygen atoms in total. The Hall–Kier alpha value is -2.68. The van der Waals surface area contributed by atoms with Crippen LogP contribution in [0, 0.1) is 0 Å². The summed E-state index contributed by atoms with van der Waals surface area (Å²) in [5.74, 6) is 1.35. The Morgan fingerprint density at radius 3 is 1.00 bits per heavy atom. The van der Waals surface area contributed by atoms with Crippen molar-refractivity contribution in [2.75, 3.05) is 0 Å². The van der Waals surface area contributed by atoms with Crippen molar-refractivity contribution >= 4 is 23.9 Å². The Morgan fingerprint density at radius 2 is 1.00 bits per heavy atom. The van der Waals surface area contributed by atoms with Gasteiger partial charge >= 0.3 is 5.97 Å². The summed E-state index contributed by atoms with van der Waals surface area (Å²) >= 11 is 0. The normalized spacial score (nSPS) is 6.41. The standard InChI is InChI=1S/C5H8.C2H5NO2.3C2H4O2/c1-3-5-4-2;1-2(4)5-3;3*1-2(3)4/h3-4H,1-2,5H2;3H2,1H3;3*1H3,(H,3,4). The molecule has 0 unspecified atom stereocenters. The number of carbonyl (C=O) groups is 4. The summed E-state index contributed by atoms with van der Waals surface area (Å²) in [5, 5.41) is 22.2. The van der Waals surface area contributed by atoms with Gasteiger partial charge in [0.2, 0.25) is 0 Å². The third kappa shape index (κ3) is 2650. The monoisotopic (exact) mass is 323 g/mol. The number of carbonyl (C=O) groups excluding carboxylic acids is 1. The molecule has 0 aliphatic carbocycles. The second-order valence-corrected chi connectivity index (χ2v) is 2.98. The van der Waals surface area contributed by atoms with E-state index in [1.807, 2.05) is 12.2 Å². The van der Waals surface area contributed by atoms with Crippen LogP contribution < -0.4 is 5.90 Å². The molecule has 0 amide bonds. The number of allylic oxidation sites excluding steroid dienone is 2. The van der Waals surface area contributed by atoms with E-state index in [0.717, 1.165) is 27.2 Å². The quantitative estimate of drug-likeness (QED) is 0.434. The molecule has 0 saturated heterocycles. The Morgan fingerprint density at radius 1 is 0.864 bits per heavy atom. The molecule has 0 aromatic heterocycles. The van der Waals surface area contributed by atoms with Crippen molar-refractivity contribution in [1.29, 1.82) is 0 Å². The van der Waals surface area contributed by atoms with Crippen LogP contribution in [0.5, 0.6) is 0 Å². The van der Waals surface area contributed by atoms with Crippen LogP contribution in [0.2, 0.25) is 0 Å². The van der Waals surface area contributed by atoms with Crippen LogP contribution in [-0.4, -0.2) is 39.2 Å². The molecule has 0 fully saturated rings. The van der Waals surface area contributed by atoms with Crippen LogP contribution in [0.4, 0.5) is 0 Å². The lowest BCUT2D eigenvalue weighted by Crippen LogP contribution is -2.03. The molecule has 22 heavy (non-hydrogen) atoms. The Kier molecular flexibility index (Phi) is 44.5. The van der Waals surface area contributed by atoms with Crippen molar-refractivity contribution in [2.24, 2.45) is 5.90 Å². The Balaban J connectivity index is -0.0000000550. The first-order valence-corrected chi connectivity index (χ1v) is 5.56. The molecule has 0 aliphatic rings. The lowest BCUT2D eigenvalue weighted by molar-refractivity contribution is -0.141. The fraction of sp³-hybridized carbons (Fsp3) is 0.385. The average Bonchev–Trinajstić information content (AvgIpc) is 2.28. The molecule has 0 atom stereocenters. The minimum Gasteiger partial charge on any atom is -0.481 e. The Labute approximate surface area is 129 Å². The molecule has 0 aromatic rings. The van der Waals surface area contributed by atoms with Crippen LogP contribution in [0.1, 0.15) is 34.1 Å². The van der Waals surface area contributed by atoms with E-state index in [-0.39, 0.29) is 0 Å². The van der Waals surface area contributed by atoms with E-state index in [4.69, 9.17) is 29.7 Å². The van der Waals surface area contributed by atoms with Crippen molar-refractivity contribution in [3.8, 4) is 0 Å². The fourth-order valence-corrected chi connectivity index (χ4v) is 0.118. The molecule has 5 N–H and O–H groups in total. The van der Waals surface area contributed by atoms with Gasteiger partial charge in [0.05, 0.1) is 0 Å². The highest BCUT2D eigenvalue weighted by atomic mass is 16.7. The SMILES string of the molecule is C=CCC=C.CC(=O)O.CC(=O)O.CC(=O)O.CC(=O)ON. The maximum absolute atomic E-state index is 9.47. The highest BCUT2D eigenvalue weighted by Crippen LogP contribution is 1.73. The van der Waals surface area contributed by atoms with E-state index in [1.54, 1.807) is 0 Å². The first-order chi connectivity index (χ1) is 9.88. The second kappa shape index (κ2) is 31.0. The topological polar surface area (TPSA) is 164 Å². The van der Waals surface area contributed by atoms with Gasteiger partial charge in [-0.25, -0.2) is 0 Å². The zero-order valence-electron chi connectivity index (χ0n) is 13.2. The maximum atomic E-state index is 9.47. The molecule has 0 saturated carbocycles. The molecule has 0 radical (unpaired) electrons. The van der Waals surface area contributed by atoms with E-state index in [9.17, 15) is 4.79 Å². The molecular weight excluding hydrogens is 298 g/mol. The van der Waals surface area contributed by atoms with Gasteiger partial charge in [-0.15, -0.1) is 13.2 Å². The third-order valence-electron chi connectivity index (χ3n) is 0.499. The van der Waals surface area contributed by atoms with Crippen molar-refractivity contribution < 1.29 is 39.3 Å². The number of nitrogens with two attached hydrogens (primary N) is 1. The van der Waals surface area contributed by atoms with Gasteiger partial charge < -0.3 is 20.2 Å². The number of hydrogen-bond donors (Lipinski definition) is 4. The summed E-state index contributed by atoms with van der Waals surface area (Å²) in [6.07, 6.45) is 4.54. The van der Waals surface area contributed by atoms with Gasteiger partial charge in [0.1, 0.15) is 0 Å². The predicted octanol–water partition coefficient (Wildman–Crippen LogP) is 1.44.